The summed E-state index contributed by atoms with van der Waals surface area (Å²) in [6, 6.07) is 0. The lowest BCUT2D eigenvalue weighted by molar-refractivity contribution is 0.346. The molecule has 0 bridgehead atoms. The molecule has 0 amide bonds. The summed E-state index contributed by atoms with van der Waals surface area (Å²) < 4.78 is 0. The summed E-state index contributed by atoms with van der Waals surface area (Å²) in [5.74, 6) is 0.682. The first-order valence-corrected chi connectivity index (χ1v) is 4.01. The molecule has 0 spiro atoms. The highest BCUT2D eigenvalue weighted by Crippen LogP contribution is 2.11. The van der Waals surface area contributed by atoms with Crippen molar-refractivity contribution in [1.82, 2.24) is 15.1 Å². The highest BCUT2D eigenvalue weighted by Gasteiger charge is 2.09. The molecule has 1 aromatic heterocycles. The first kappa shape index (κ1) is 7.36. The van der Waals surface area contributed by atoms with Crippen LogP contribution in [0.2, 0.25) is 0 Å². The number of anilines is 1. The third-order valence-electron chi connectivity index (χ3n) is 2.04. The Bertz CT molecular complexity index is 281. The van der Waals surface area contributed by atoms with Crippen LogP contribution >= 0.6 is 0 Å². The molecule has 4 heteroatoms. The summed E-state index contributed by atoms with van der Waals surface area (Å²) in [7, 11) is 0. The van der Waals surface area contributed by atoms with Crippen molar-refractivity contribution in [1.29, 1.82) is 0 Å². The molecule has 3 N–H and O–H groups in total. The van der Waals surface area contributed by atoms with Crippen LogP contribution in [0.25, 0.3) is 0 Å². The van der Waals surface area contributed by atoms with Gasteiger partial charge in [0.15, 0.2) is 0 Å². The van der Waals surface area contributed by atoms with E-state index in [2.05, 4.69) is 27.2 Å². The molecule has 64 valence electrons. The van der Waals surface area contributed by atoms with Gasteiger partial charge in [0.05, 0.1) is 6.20 Å². The van der Waals surface area contributed by atoms with Gasteiger partial charge in [0, 0.05) is 25.2 Å². The molecule has 1 aromatic rings. The number of hydrogen-bond acceptors (Lipinski definition) is 3. The van der Waals surface area contributed by atoms with Crippen molar-refractivity contribution in [2.45, 2.75) is 6.54 Å². The highest BCUT2D eigenvalue weighted by molar-refractivity contribution is 5.36. The summed E-state index contributed by atoms with van der Waals surface area (Å²) >= 11 is 0. The normalized spacial score (nSPS) is 17.3. The van der Waals surface area contributed by atoms with Gasteiger partial charge in [-0.05, 0) is 0 Å². The molecule has 12 heavy (non-hydrogen) atoms. The van der Waals surface area contributed by atoms with Crippen molar-refractivity contribution in [3.05, 3.63) is 23.9 Å². The van der Waals surface area contributed by atoms with E-state index >= 15 is 0 Å². The zero-order valence-electron chi connectivity index (χ0n) is 6.83. The summed E-state index contributed by atoms with van der Waals surface area (Å²) in [5, 5.41) is 6.59. The lowest BCUT2D eigenvalue weighted by atomic mass is 10.3. The van der Waals surface area contributed by atoms with Crippen LogP contribution in [0.15, 0.2) is 18.3 Å². The fourth-order valence-corrected chi connectivity index (χ4v) is 1.34. The van der Waals surface area contributed by atoms with Gasteiger partial charge in [0.1, 0.15) is 5.82 Å². The van der Waals surface area contributed by atoms with Crippen LogP contribution < -0.4 is 5.73 Å². The van der Waals surface area contributed by atoms with Crippen molar-refractivity contribution < 1.29 is 0 Å². The van der Waals surface area contributed by atoms with Crippen molar-refractivity contribution in [2.75, 3.05) is 18.8 Å². The molecule has 0 radical (unpaired) electrons. The molecule has 0 unspecified atom stereocenters. The maximum Gasteiger partial charge on any atom is 0.123 e. The number of nitrogens with one attached hydrogen (secondary N) is 1. The fraction of sp³-hybridized carbons (Fsp3) is 0.375. The van der Waals surface area contributed by atoms with Crippen LogP contribution in [0, 0.1) is 0 Å². The Hall–Kier alpha value is -1.29. The molecule has 0 saturated carbocycles. The predicted molar refractivity (Wildman–Crippen MR) is 47.4 cm³/mol. The Kier molecular flexibility index (Phi) is 1.83. The first-order valence-electron chi connectivity index (χ1n) is 4.01. The van der Waals surface area contributed by atoms with E-state index in [0.29, 0.717) is 5.82 Å². The minimum absolute atomic E-state index is 0.682. The standard InChI is InChI=1S/C8H12N4/c9-8-7(5-10-11-8)6-12-3-1-2-4-12/h1-2,5H,3-4,6H2,(H3,9,10,11). The highest BCUT2D eigenvalue weighted by atomic mass is 15.2. The second kappa shape index (κ2) is 2.98. The second-order valence-electron chi connectivity index (χ2n) is 2.97. The molecule has 1 aliphatic rings. The van der Waals surface area contributed by atoms with Crippen LogP contribution in [-0.4, -0.2) is 28.2 Å². The Balaban J connectivity index is 1.99. The van der Waals surface area contributed by atoms with Crippen LogP contribution in [-0.2, 0) is 6.54 Å². The zero-order valence-corrected chi connectivity index (χ0v) is 6.83. The number of H-pyrrole nitrogens is 1. The number of aromatic amines is 1. The second-order valence-corrected chi connectivity index (χ2v) is 2.97. The topological polar surface area (TPSA) is 57.9 Å². The van der Waals surface area contributed by atoms with E-state index in [1.165, 1.54) is 0 Å². The molecule has 2 rings (SSSR count). The SMILES string of the molecule is Nc1[nH]ncc1CN1CC=CC1. The van der Waals surface area contributed by atoms with E-state index in [1.54, 1.807) is 6.20 Å². The maximum atomic E-state index is 5.65. The van der Waals surface area contributed by atoms with Crippen molar-refractivity contribution in [3.8, 4) is 0 Å². The van der Waals surface area contributed by atoms with Gasteiger partial charge in [-0.2, -0.15) is 5.10 Å². The minimum atomic E-state index is 0.682. The number of nitrogen functional groups attached to an aromatic ring is 1. The largest absolute Gasteiger partial charge is 0.384 e. The molecule has 0 aromatic carbocycles. The molecule has 4 nitrogen and oxygen atoms in total. The van der Waals surface area contributed by atoms with Gasteiger partial charge in [-0.15, -0.1) is 0 Å². The third kappa shape index (κ3) is 1.33. The molecule has 0 saturated heterocycles. The minimum Gasteiger partial charge on any atom is -0.384 e. The fourth-order valence-electron chi connectivity index (χ4n) is 1.34. The Morgan fingerprint density at radius 1 is 1.50 bits per heavy atom. The van der Waals surface area contributed by atoms with Gasteiger partial charge in [0.2, 0.25) is 0 Å². The van der Waals surface area contributed by atoms with Crippen LogP contribution in [0.3, 0.4) is 0 Å². The van der Waals surface area contributed by atoms with Crippen LogP contribution in [0.4, 0.5) is 5.82 Å². The number of nitrogens with two attached hydrogens (primary N) is 1. The van der Waals surface area contributed by atoms with E-state index in [9.17, 15) is 0 Å². The molecule has 0 aliphatic carbocycles. The van der Waals surface area contributed by atoms with Crippen molar-refractivity contribution in [3.63, 3.8) is 0 Å². The van der Waals surface area contributed by atoms with Crippen molar-refractivity contribution in [2.24, 2.45) is 0 Å². The van der Waals surface area contributed by atoms with E-state index in [4.69, 9.17) is 5.73 Å². The summed E-state index contributed by atoms with van der Waals surface area (Å²) in [4.78, 5) is 2.29. The zero-order chi connectivity index (χ0) is 8.39. The van der Waals surface area contributed by atoms with E-state index in [-0.39, 0.29) is 0 Å². The smallest absolute Gasteiger partial charge is 0.123 e. The number of rotatable bonds is 2. The monoisotopic (exact) mass is 164 g/mol. The van der Waals surface area contributed by atoms with Gasteiger partial charge in [0.25, 0.3) is 0 Å². The molecular formula is C8H12N4. The molecule has 1 aliphatic heterocycles. The summed E-state index contributed by atoms with van der Waals surface area (Å²) in [6.07, 6.45) is 6.11. The number of hydrogen-bond donors (Lipinski definition) is 2. The number of aromatic nitrogens is 2. The average Bonchev–Trinajstić information content (AvgIpc) is 2.65. The van der Waals surface area contributed by atoms with Gasteiger partial charge < -0.3 is 5.73 Å². The van der Waals surface area contributed by atoms with Crippen LogP contribution in [0.1, 0.15) is 5.56 Å². The first-order chi connectivity index (χ1) is 5.86. The third-order valence-corrected chi connectivity index (χ3v) is 2.04. The van der Waals surface area contributed by atoms with Gasteiger partial charge in [-0.3, -0.25) is 10.00 Å². The Morgan fingerprint density at radius 2 is 2.25 bits per heavy atom. The molecule has 2 heterocycles. The van der Waals surface area contributed by atoms with E-state index in [0.717, 1.165) is 25.2 Å². The Labute approximate surface area is 71.1 Å². The molecule has 0 atom stereocenters. The maximum absolute atomic E-state index is 5.65. The van der Waals surface area contributed by atoms with Gasteiger partial charge in [-0.25, -0.2) is 0 Å². The lowest BCUT2D eigenvalue weighted by Gasteiger charge is -2.12. The van der Waals surface area contributed by atoms with Crippen molar-refractivity contribution >= 4 is 5.82 Å². The van der Waals surface area contributed by atoms with Gasteiger partial charge >= 0.3 is 0 Å². The van der Waals surface area contributed by atoms with Gasteiger partial charge in [-0.1, -0.05) is 12.2 Å². The predicted octanol–water partition coefficient (Wildman–Crippen LogP) is 0.364. The quantitative estimate of drug-likeness (QED) is 0.621. The number of nitrogens with zero attached hydrogens (tertiary/aromatic N) is 2. The van der Waals surface area contributed by atoms with E-state index < -0.39 is 0 Å². The van der Waals surface area contributed by atoms with Crippen LogP contribution in [0.5, 0.6) is 0 Å². The summed E-state index contributed by atoms with van der Waals surface area (Å²) in [6.45, 7) is 2.92. The lowest BCUT2D eigenvalue weighted by Crippen LogP contribution is -2.19. The average molecular weight is 164 g/mol. The Morgan fingerprint density at radius 3 is 2.83 bits per heavy atom. The van der Waals surface area contributed by atoms with E-state index in [1.807, 2.05) is 0 Å². The molecular weight excluding hydrogens is 152 g/mol. The summed E-state index contributed by atoms with van der Waals surface area (Å²) in [5.41, 5.74) is 6.74. The molecule has 0 fully saturated rings.